The standard InChI is InChI=1S/C23H32FNO3/c1-3-5-6-7-8-9-16-27-20-12-10-19(11-13-20)21-14-15-22(23(24)25-21)28-18-17-26-4-2/h10-15H,3-9,16-18H2,1-2H3. The van der Waals surface area contributed by atoms with Gasteiger partial charge in [-0.1, -0.05) is 39.0 Å². The van der Waals surface area contributed by atoms with E-state index in [0.29, 0.717) is 25.5 Å². The largest absolute Gasteiger partial charge is 0.494 e. The van der Waals surface area contributed by atoms with Crippen molar-refractivity contribution in [2.24, 2.45) is 0 Å². The molecule has 1 aromatic carbocycles. The lowest BCUT2D eigenvalue weighted by Gasteiger charge is -2.09. The van der Waals surface area contributed by atoms with Crippen molar-refractivity contribution in [1.82, 2.24) is 4.98 Å². The van der Waals surface area contributed by atoms with Crippen molar-refractivity contribution in [2.75, 3.05) is 26.4 Å². The van der Waals surface area contributed by atoms with E-state index >= 15 is 0 Å². The quantitative estimate of drug-likeness (QED) is 0.292. The van der Waals surface area contributed by atoms with E-state index in [4.69, 9.17) is 14.2 Å². The summed E-state index contributed by atoms with van der Waals surface area (Å²) in [5.74, 6) is 0.355. The van der Waals surface area contributed by atoms with Crippen molar-refractivity contribution >= 4 is 0 Å². The molecule has 1 heterocycles. The Morgan fingerprint density at radius 1 is 0.786 bits per heavy atom. The fourth-order valence-corrected chi connectivity index (χ4v) is 2.84. The molecule has 0 saturated carbocycles. The van der Waals surface area contributed by atoms with Crippen molar-refractivity contribution < 1.29 is 18.6 Å². The number of benzene rings is 1. The monoisotopic (exact) mass is 389 g/mol. The van der Waals surface area contributed by atoms with Crippen LogP contribution in [-0.2, 0) is 4.74 Å². The van der Waals surface area contributed by atoms with E-state index < -0.39 is 5.95 Å². The van der Waals surface area contributed by atoms with Crippen LogP contribution in [-0.4, -0.2) is 31.4 Å². The zero-order valence-corrected chi connectivity index (χ0v) is 17.1. The fraction of sp³-hybridized carbons (Fsp3) is 0.522. The van der Waals surface area contributed by atoms with Crippen LogP contribution in [0.3, 0.4) is 0 Å². The number of hydrogen-bond donors (Lipinski definition) is 0. The van der Waals surface area contributed by atoms with E-state index in [1.165, 1.54) is 32.1 Å². The van der Waals surface area contributed by atoms with Crippen LogP contribution in [0.4, 0.5) is 4.39 Å². The topological polar surface area (TPSA) is 40.6 Å². The third-order valence-corrected chi connectivity index (χ3v) is 4.42. The highest BCUT2D eigenvalue weighted by Crippen LogP contribution is 2.24. The summed E-state index contributed by atoms with van der Waals surface area (Å²) >= 11 is 0. The summed E-state index contributed by atoms with van der Waals surface area (Å²) in [4.78, 5) is 4.01. The number of aromatic nitrogens is 1. The van der Waals surface area contributed by atoms with Crippen LogP contribution in [0, 0.1) is 5.95 Å². The maximum atomic E-state index is 14.1. The lowest BCUT2D eigenvalue weighted by molar-refractivity contribution is 0.108. The SMILES string of the molecule is CCCCCCCCOc1ccc(-c2ccc(OCCOCC)c(F)n2)cc1. The zero-order valence-electron chi connectivity index (χ0n) is 17.1. The lowest BCUT2D eigenvalue weighted by atomic mass is 10.1. The van der Waals surface area contributed by atoms with Crippen LogP contribution in [0.2, 0.25) is 0 Å². The summed E-state index contributed by atoms with van der Waals surface area (Å²) in [6.45, 7) is 6.20. The summed E-state index contributed by atoms with van der Waals surface area (Å²) in [6.07, 6.45) is 7.45. The molecule has 0 unspecified atom stereocenters. The molecule has 5 heteroatoms. The average molecular weight is 390 g/mol. The number of hydrogen-bond acceptors (Lipinski definition) is 4. The molecule has 0 N–H and O–H groups in total. The van der Waals surface area contributed by atoms with Gasteiger partial charge in [0.15, 0.2) is 5.75 Å². The van der Waals surface area contributed by atoms with Crippen LogP contribution in [0.1, 0.15) is 52.4 Å². The van der Waals surface area contributed by atoms with E-state index in [0.717, 1.165) is 24.3 Å². The highest BCUT2D eigenvalue weighted by Gasteiger charge is 2.08. The van der Waals surface area contributed by atoms with Gasteiger partial charge in [0.05, 0.1) is 18.9 Å². The Bertz CT molecular complexity index is 676. The smallest absolute Gasteiger partial charge is 0.255 e. The van der Waals surface area contributed by atoms with E-state index in [9.17, 15) is 4.39 Å². The van der Waals surface area contributed by atoms with Gasteiger partial charge in [0, 0.05) is 12.2 Å². The zero-order chi connectivity index (χ0) is 20.0. The van der Waals surface area contributed by atoms with Gasteiger partial charge in [-0.15, -0.1) is 0 Å². The number of rotatable bonds is 14. The second-order valence-electron chi connectivity index (χ2n) is 6.67. The lowest BCUT2D eigenvalue weighted by Crippen LogP contribution is -2.07. The molecule has 0 radical (unpaired) electrons. The highest BCUT2D eigenvalue weighted by atomic mass is 19.1. The van der Waals surface area contributed by atoms with Crippen molar-refractivity contribution in [3.8, 4) is 22.8 Å². The molecule has 4 nitrogen and oxygen atoms in total. The van der Waals surface area contributed by atoms with Crippen molar-refractivity contribution in [2.45, 2.75) is 52.4 Å². The molecule has 0 fully saturated rings. The Labute approximate surface area is 168 Å². The third-order valence-electron chi connectivity index (χ3n) is 4.42. The predicted octanol–water partition coefficient (Wildman–Crippen LogP) is 6.04. The molecule has 154 valence electrons. The van der Waals surface area contributed by atoms with Gasteiger partial charge in [0.1, 0.15) is 12.4 Å². The molecule has 0 spiro atoms. The first-order valence-electron chi connectivity index (χ1n) is 10.3. The first-order valence-corrected chi connectivity index (χ1v) is 10.3. The molecule has 2 rings (SSSR count). The molecule has 0 aliphatic rings. The van der Waals surface area contributed by atoms with Gasteiger partial charge in [-0.05, 0) is 49.7 Å². The number of nitrogens with zero attached hydrogens (tertiary/aromatic N) is 1. The molecule has 0 amide bonds. The molecule has 0 saturated heterocycles. The second-order valence-corrected chi connectivity index (χ2v) is 6.67. The van der Waals surface area contributed by atoms with Gasteiger partial charge in [0.25, 0.3) is 5.95 Å². The normalized spacial score (nSPS) is 10.8. The van der Waals surface area contributed by atoms with Gasteiger partial charge in [-0.3, -0.25) is 0 Å². The molecule has 0 atom stereocenters. The highest BCUT2D eigenvalue weighted by molar-refractivity contribution is 5.60. The molecule has 2 aromatic rings. The van der Waals surface area contributed by atoms with E-state index in [1.54, 1.807) is 12.1 Å². The Balaban J connectivity index is 1.79. The summed E-state index contributed by atoms with van der Waals surface area (Å²) in [6, 6.07) is 11.0. The van der Waals surface area contributed by atoms with Crippen molar-refractivity contribution in [3.05, 3.63) is 42.3 Å². The van der Waals surface area contributed by atoms with Crippen LogP contribution in [0.15, 0.2) is 36.4 Å². The number of ether oxygens (including phenoxy) is 3. The maximum Gasteiger partial charge on any atom is 0.255 e. The first kappa shape index (κ1) is 22.2. The minimum atomic E-state index is -0.614. The fourth-order valence-electron chi connectivity index (χ4n) is 2.84. The van der Waals surface area contributed by atoms with Crippen LogP contribution in [0.5, 0.6) is 11.5 Å². The molecular formula is C23H32FNO3. The maximum absolute atomic E-state index is 14.1. The van der Waals surface area contributed by atoms with Gasteiger partial charge < -0.3 is 14.2 Å². The van der Waals surface area contributed by atoms with Crippen LogP contribution in [0.25, 0.3) is 11.3 Å². The summed E-state index contributed by atoms with van der Waals surface area (Å²) < 4.78 is 30.5. The molecule has 0 aliphatic carbocycles. The van der Waals surface area contributed by atoms with Gasteiger partial charge in [-0.2, -0.15) is 4.39 Å². The predicted molar refractivity (Wildman–Crippen MR) is 110 cm³/mol. The minimum absolute atomic E-state index is 0.141. The van der Waals surface area contributed by atoms with Crippen molar-refractivity contribution in [1.29, 1.82) is 0 Å². The van der Waals surface area contributed by atoms with Gasteiger partial charge in [0.2, 0.25) is 0 Å². The first-order chi connectivity index (χ1) is 13.7. The van der Waals surface area contributed by atoms with Crippen molar-refractivity contribution in [3.63, 3.8) is 0 Å². The summed E-state index contributed by atoms with van der Waals surface area (Å²) in [5.41, 5.74) is 1.41. The Morgan fingerprint density at radius 2 is 1.54 bits per heavy atom. The van der Waals surface area contributed by atoms with Gasteiger partial charge in [-0.25, -0.2) is 4.98 Å². The van der Waals surface area contributed by atoms with E-state index in [2.05, 4.69) is 11.9 Å². The molecule has 0 aliphatic heterocycles. The molecule has 0 bridgehead atoms. The average Bonchev–Trinajstić information content (AvgIpc) is 2.72. The summed E-state index contributed by atoms with van der Waals surface area (Å²) in [5, 5.41) is 0. The Morgan fingerprint density at radius 3 is 2.25 bits per heavy atom. The Kier molecular flexibility index (Phi) is 10.4. The van der Waals surface area contributed by atoms with Crippen LogP contribution >= 0.6 is 0 Å². The van der Waals surface area contributed by atoms with E-state index in [-0.39, 0.29) is 5.75 Å². The number of halogens is 1. The number of pyridine rings is 1. The van der Waals surface area contributed by atoms with Crippen LogP contribution < -0.4 is 9.47 Å². The number of unbranched alkanes of at least 4 members (excludes halogenated alkanes) is 5. The van der Waals surface area contributed by atoms with Gasteiger partial charge >= 0.3 is 0 Å². The van der Waals surface area contributed by atoms with E-state index in [1.807, 2.05) is 31.2 Å². The summed E-state index contributed by atoms with van der Waals surface area (Å²) in [7, 11) is 0. The Hall–Kier alpha value is -2.14. The molecule has 1 aromatic heterocycles. The third kappa shape index (κ3) is 7.85. The second kappa shape index (κ2) is 13.1. The molecular weight excluding hydrogens is 357 g/mol. The molecule has 28 heavy (non-hydrogen) atoms. The minimum Gasteiger partial charge on any atom is -0.494 e.